The molecule has 106 valence electrons. The highest BCUT2D eigenvalue weighted by molar-refractivity contribution is 7.09. The molecule has 0 radical (unpaired) electrons. The summed E-state index contributed by atoms with van der Waals surface area (Å²) in [5.74, 6) is 0. The van der Waals surface area contributed by atoms with E-state index in [2.05, 4.69) is 39.7 Å². The molecule has 3 aromatic rings. The van der Waals surface area contributed by atoms with Crippen LogP contribution < -0.4 is 5.32 Å². The maximum atomic E-state index is 4.69. The first kappa shape index (κ1) is 13.9. The molecule has 0 bridgehead atoms. The number of hydrogen-bond acceptors (Lipinski definition) is 4. The summed E-state index contributed by atoms with van der Waals surface area (Å²) in [5, 5.41) is 6.72. The van der Waals surface area contributed by atoms with Crippen LogP contribution in [0.2, 0.25) is 0 Å². The van der Waals surface area contributed by atoms with Crippen molar-refractivity contribution in [2.75, 3.05) is 0 Å². The van der Waals surface area contributed by atoms with E-state index in [1.807, 2.05) is 42.7 Å². The van der Waals surface area contributed by atoms with E-state index in [1.165, 1.54) is 11.1 Å². The van der Waals surface area contributed by atoms with Gasteiger partial charge in [0, 0.05) is 35.9 Å². The van der Waals surface area contributed by atoms with Gasteiger partial charge >= 0.3 is 0 Å². The van der Waals surface area contributed by atoms with E-state index in [-0.39, 0.29) is 6.04 Å². The molecular formula is C17H17N3S. The lowest BCUT2D eigenvalue weighted by Crippen LogP contribution is -2.17. The molecule has 3 rings (SSSR count). The van der Waals surface area contributed by atoms with Gasteiger partial charge in [0.2, 0.25) is 0 Å². The van der Waals surface area contributed by atoms with E-state index in [0.717, 1.165) is 17.2 Å². The monoisotopic (exact) mass is 295 g/mol. The van der Waals surface area contributed by atoms with Gasteiger partial charge in [0.05, 0.1) is 5.69 Å². The van der Waals surface area contributed by atoms with Crippen LogP contribution in [0.1, 0.15) is 23.5 Å². The average Bonchev–Trinajstić information content (AvgIpc) is 3.03. The summed E-state index contributed by atoms with van der Waals surface area (Å²) in [6, 6.07) is 14.6. The third-order valence-electron chi connectivity index (χ3n) is 3.39. The Morgan fingerprint density at radius 2 is 1.86 bits per heavy atom. The highest BCUT2D eigenvalue weighted by Crippen LogP contribution is 2.22. The molecule has 0 aliphatic carbocycles. The topological polar surface area (TPSA) is 37.8 Å². The maximum Gasteiger partial charge on any atom is 0.107 e. The Hall–Kier alpha value is -2.04. The zero-order chi connectivity index (χ0) is 14.5. The third-order valence-corrected chi connectivity index (χ3v) is 4.24. The molecule has 3 nitrogen and oxygen atoms in total. The fourth-order valence-corrected chi connectivity index (χ4v) is 2.90. The van der Waals surface area contributed by atoms with Gasteiger partial charge in [0.25, 0.3) is 0 Å². The standard InChI is InChI=1S/C17H17N3S/c1-13(14-7-9-18-10-8-14)19-11-17-20-16(12-21-17)15-5-3-2-4-6-15/h2-10,12-13,19H,11H2,1H3. The number of hydrogen-bond donors (Lipinski definition) is 1. The fraction of sp³-hybridized carbons (Fsp3) is 0.176. The van der Waals surface area contributed by atoms with Crippen LogP contribution >= 0.6 is 11.3 Å². The van der Waals surface area contributed by atoms with Crippen molar-refractivity contribution in [1.29, 1.82) is 0 Å². The SMILES string of the molecule is CC(NCc1nc(-c2ccccc2)cs1)c1ccncc1. The molecule has 0 aliphatic rings. The lowest BCUT2D eigenvalue weighted by atomic mass is 10.1. The van der Waals surface area contributed by atoms with Gasteiger partial charge in [-0.2, -0.15) is 0 Å². The van der Waals surface area contributed by atoms with Crippen molar-refractivity contribution in [3.63, 3.8) is 0 Å². The Balaban J connectivity index is 1.63. The van der Waals surface area contributed by atoms with Crippen molar-refractivity contribution in [2.24, 2.45) is 0 Å². The lowest BCUT2D eigenvalue weighted by molar-refractivity contribution is 0.573. The normalized spacial score (nSPS) is 12.2. The molecule has 1 atom stereocenters. The molecule has 1 unspecified atom stereocenters. The van der Waals surface area contributed by atoms with E-state index < -0.39 is 0 Å². The summed E-state index contributed by atoms with van der Waals surface area (Å²) in [6.45, 7) is 2.93. The molecule has 0 fully saturated rings. The van der Waals surface area contributed by atoms with Gasteiger partial charge in [-0.1, -0.05) is 30.3 Å². The zero-order valence-corrected chi connectivity index (χ0v) is 12.7. The Kier molecular flexibility index (Phi) is 4.38. The van der Waals surface area contributed by atoms with Crippen molar-refractivity contribution in [1.82, 2.24) is 15.3 Å². The minimum absolute atomic E-state index is 0.289. The number of thiazole rings is 1. The van der Waals surface area contributed by atoms with Crippen LogP contribution in [0.5, 0.6) is 0 Å². The molecule has 1 aromatic carbocycles. The summed E-state index contributed by atoms with van der Waals surface area (Å²) in [5.41, 5.74) is 3.46. The predicted molar refractivity (Wildman–Crippen MR) is 87.0 cm³/mol. The molecule has 21 heavy (non-hydrogen) atoms. The summed E-state index contributed by atoms with van der Waals surface area (Å²) >= 11 is 1.70. The van der Waals surface area contributed by atoms with Gasteiger partial charge in [-0.15, -0.1) is 11.3 Å². The second-order valence-electron chi connectivity index (χ2n) is 4.88. The van der Waals surface area contributed by atoms with Gasteiger partial charge in [-0.05, 0) is 24.6 Å². The van der Waals surface area contributed by atoms with Crippen LogP contribution in [0.15, 0.2) is 60.2 Å². The van der Waals surface area contributed by atoms with E-state index in [1.54, 1.807) is 11.3 Å². The fourth-order valence-electron chi connectivity index (χ4n) is 2.14. The molecule has 2 heterocycles. The first-order valence-electron chi connectivity index (χ1n) is 6.96. The van der Waals surface area contributed by atoms with Crippen LogP contribution in [0.3, 0.4) is 0 Å². The number of aromatic nitrogens is 2. The van der Waals surface area contributed by atoms with Crippen LogP contribution in [0.4, 0.5) is 0 Å². The smallest absolute Gasteiger partial charge is 0.107 e. The lowest BCUT2D eigenvalue weighted by Gasteiger charge is -2.12. The van der Waals surface area contributed by atoms with Crippen LogP contribution in [0.25, 0.3) is 11.3 Å². The van der Waals surface area contributed by atoms with Crippen LogP contribution in [-0.2, 0) is 6.54 Å². The molecule has 4 heteroatoms. The second kappa shape index (κ2) is 6.61. The van der Waals surface area contributed by atoms with Crippen LogP contribution in [0, 0.1) is 0 Å². The Bertz CT molecular complexity index is 680. The zero-order valence-electron chi connectivity index (χ0n) is 11.9. The minimum Gasteiger partial charge on any atom is -0.304 e. The molecule has 0 amide bonds. The number of nitrogens with one attached hydrogen (secondary N) is 1. The first-order chi connectivity index (χ1) is 10.3. The average molecular weight is 295 g/mol. The van der Waals surface area contributed by atoms with Crippen molar-refractivity contribution in [2.45, 2.75) is 19.5 Å². The maximum absolute atomic E-state index is 4.69. The third kappa shape index (κ3) is 3.54. The van der Waals surface area contributed by atoms with Crippen molar-refractivity contribution >= 4 is 11.3 Å². The summed E-state index contributed by atoms with van der Waals surface area (Å²) < 4.78 is 0. The predicted octanol–water partition coefficient (Wildman–Crippen LogP) is 4.06. The molecule has 0 saturated carbocycles. The minimum atomic E-state index is 0.289. The largest absolute Gasteiger partial charge is 0.304 e. The Morgan fingerprint density at radius 1 is 1.10 bits per heavy atom. The molecular weight excluding hydrogens is 278 g/mol. The summed E-state index contributed by atoms with van der Waals surface area (Å²) in [4.78, 5) is 8.73. The summed E-state index contributed by atoms with van der Waals surface area (Å²) in [6.07, 6.45) is 3.65. The van der Waals surface area contributed by atoms with Gasteiger partial charge < -0.3 is 5.32 Å². The molecule has 1 N–H and O–H groups in total. The van der Waals surface area contributed by atoms with Crippen molar-refractivity contribution in [3.05, 3.63) is 70.8 Å². The first-order valence-corrected chi connectivity index (χ1v) is 7.84. The van der Waals surface area contributed by atoms with Gasteiger partial charge in [-0.3, -0.25) is 4.98 Å². The number of pyridine rings is 1. The summed E-state index contributed by atoms with van der Waals surface area (Å²) in [7, 11) is 0. The van der Waals surface area contributed by atoms with E-state index >= 15 is 0 Å². The molecule has 0 spiro atoms. The van der Waals surface area contributed by atoms with Gasteiger partial charge in [0.1, 0.15) is 5.01 Å². The Morgan fingerprint density at radius 3 is 2.62 bits per heavy atom. The van der Waals surface area contributed by atoms with E-state index in [0.29, 0.717) is 0 Å². The van der Waals surface area contributed by atoms with E-state index in [4.69, 9.17) is 0 Å². The highest BCUT2D eigenvalue weighted by atomic mass is 32.1. The van der Waals surface area contributed by atoms with Crippen LogP contribution in [-0.4, -0.2) is 9.97 Å². The number of benzene rings is 1. The molecule has 0 aliphatic heterocycles. The van der Waals surface area contributed by atoms with Crippen molar-refractivity contribution < 1.29 is 0 Å². The van der Waals surface area contributed by atoms with Crippen molar-refractivity contribution in [3.8, 4) is 11.3 Å². The Labute approximate surface area is 128 Å². The van der Waals surface area contributed by atoms with Gasteiger partial charge in [0.15, 0.2) is 0 Å². The highest BCUT2D eigenvalue weighted by Gasteiger charge is 2.07. The van der Waals surface area contributed by atoms with E-state index in [9.17, 15) is 0 Å². The second-order valence-corrected chi connectivity index (χ2v) is 5.82. The van der Waals surface area contributed by atoms with Gasteiger partial charge in [-0.25, -0.2) is 4.98 Å². The molecule has 2 aromatic heterocycles. The number of rotatable bonds is 5. The molecule has 0 saturated heterocycles. The quantitative estimate of drug-likeness (QED) is 0.771. The number of nitrogens with zero attached hydrogens (tertiary/aromatic N) is 2.